The zero-order valence-corrected chi connectivity index (χ0v) is 10.3. The molecular formula is C12H17N3O3. The third-order valence-electron chi connectivity index (χ3n) is 3.52. The van der Waals surface area contributed by atoms with E-state index < -0.39 is 5.97 Å². The molecule has 0 radical (unpaired) electrons. The van der Waals surface area contributed by atoms with Crippen LogP contribution in [-0.2, 0) is 16.6 Å². The van der Waals surface area contributed by atoms with Crippen molar-refractivity contribution in [2.45, 2.75) is 25.7 Å². The van der Waals surface area contributed by atoms with E-state index in [1.807, 2.05) is 0 Å². The fourth-order valence-electron chi connectivity index (χ4n) is 2.33. The zero-order valence-electron chi connectivity index (χ0n) is 10.3. The molecule has 0 unspecified atom stereocenters. The fraction of sp³-hybridized carbons (Fsp3) is 0.583. The van der Waals surface area contributed by atoms with E-state index in [2.05, 4.69) is 10.4 Å². The van der Waals surface area contributed by atoms with Crippen LogP contribution in [0.25, 0.3) is 0 Å². The second-order valence-corrected chi connectivity index (χ2v) is 4.72. The number of carboxylic acid groups (broad SMARTS) is 1. The number of carbonyl (C=O) groups excluding carboxylic acids is 1. The normalized spacial score (nSPS) is 23.6. The van der Waals surface area contributed by atoms with Gasteiger partial charge in [-0.25, -0.2) is 0 Å². The molecule has 0 aromatic carbocycles. The summed E-state index contributed by atoms with van der Waals surface area (Å²) in [6.07, 6.45) is 4.07. The van der Waals surface area contributed by atoms with E-state index in [0.29, 0.717) is 31.5 Å². The number of aryl methyl sites for hydroxylation is 1. The van der Waals surface area contributed by atoms with E-state index in [1.165, 1.54) is 0 Å². The van der Waals surface area contributed by atoms with Crippen molar-refractivity contribution in [3.05, 3.63) is 12.3 Å². The number of amides is 1. The van der Waals surface area contributed by atoms with Gasteiger partial charge in [-0.3, -0.25) is 14.3 Å². The number of nitrogens with zero attached hydrogens (tertiary/aromatic N) is 2. The Morgan fingerprint density at radius 2 is 1.94 bits per heavy atom. The van der Waals surface area contributed by atoms with Gasteiger partial charge < -0.3 is 10.4 Å². The molecule has 0 spiro atoms. The van der Waals surface area contributed by atoms with Crippen LogP contribution in [0.5, 0.6) is 0 Å². The van der Waals surface area contributed by atoms with Gasteiger partial charge in [-0.2, -0.15) is 5.10 Å². The number of hydrogen-bond acceptors (Lipinski definition) is 3. The van der Waals surface area contributed by atoms with Crippen molar-refractivity contribution in [3.63, 3.8) is 0 Å². The Morgan fingerprint density at radius 3 is 2.44 bits per heavy atom. The van der Waals surface area contributed by atoms with Crippen LogP contribution < -0.4 is 5.32 Å². The molecule has 98 valence electrons. The van der Waals surface area contributed by atoms with E-state index in [0.717, 1.165) is 0 Å². The van der Waals surface area contributed by atoms with Crippen molar-refractivity contribution >= 4 is 17.7 Å². The van der Waals surface area contributed by atoms with Gasteiger partial charge in [0.25, 0.3) is 0 Å². The largest absolute Gasteiger partial charge is 0.481 e. The molecule has 1 aromatic heterocycles. The van der Waals surface area contributed by atoms with Crippen LogP contribution in [-0.4, -0.2) is 26.8 Å². The van der Waals surface area contributed by atoms with E-state index >= 15 is 0 Å². The fourth-order valence-corrected chi connectivity index (χ4v) is 2.33. The van der Waals surface area contributed by atoms with E-state index in [4.69, 9.17) is 5.11 Å². The average Bonchev–Trinajstić information content (AvgIpc) is 2.75. The second-order valence-electron chi connectivity index (χ2n) is 4.72. The van der Waals surface area contributed by atoms with Gasteiger partial charge in [-0.15, -0.1) is 0 Å². The van der Waals surface area contributed by atoms with Crippen molar-refractivity contribution < 1.29 is 14.7 Å². The third kappa shape index (κ3) is 2.69. The second kappa shape index (κ2) is 5.20. The molecule has 18 heavy (non-hydrogen) atoms. The van der Waals surface area contributed by atoms with Gasteiger partial charge in [0.05, 0.1) is 12.1 Å². The van der Waals surface area contributed by atoms with E-state index in [1.54, 1.807) is 24.0 Å². The summed E-state index contributed by atoms with van der Waals surface area (Å²) in [5.41, 5.74) is 0. The summed E-state index contributed by atoms with van der Waals surface area (Å²) in [5.74, 6) is -0.496. The number of carboxylic acids is 1. The summed E-state index contributed by atoms with van der Waals surface area (Å²) in [5, 5.41) is 15.7. The first-order valence-electron chi connectivity index (χ1n) is 6.09. The zero-order chi connectivity index (χ0) is 13.1. The number of rotatable bonds is 3. The van der Waals surface area contributed by atoms with Gasteiger partial charge in [0.15, 0.2) is 0 Å². The highest BCUT2D eigenvalue weighted by Gasteiger charge is 2.29. The molecule has 1 aliphatic rings. The molecule has 6 heteroatoms. The first kappa shape index (κ1) is 12.6. The highest BCUT2D eigenvalue weighted by atomic mass is 16.4. The molecule has 6 nitrogen and oxygen atoms in total. The molecule has 0 atom stereocenters. The Balaban J connectivity index is 1.88. The first-order valence-corrected chi connectivity index (χ1v) is 6.09. The van der Waals surface area contributed by atoms with Gasteiger partial charge in [0.1, 0.15) is 5.82 Å². The lowest BCUT2D eigenvalue weighted by Crippen LogP contribution is -2.30. The Kier molecular flexibility index (Phi) is 3.64. The third-order valence-corrected chi connectivity index (χ3v) is 3.52. The lowest BCUT2D eigenvalue weighted by molar-refractivity contribution is -0.143. The molecule has 1 aliphatic carbocycles. The van der Waals surface area contributed by atoms with Gasteiger partial charge in [-0.05, 0) is 25.7 Å². The smallest absolute Gasteiger partial charge is 0.306 e. The standard InChI is InChI=1S/C12H17N3O3/c1-15-10(6-7-13-15)14-11(16)8-2-4-9(5-3-8)12(17)18/h6-9H,2-5H2,1H3,(H,14,16)(H,17,18). The lowest BCUT2D eigenvalue weighted by atomic mass is 9.81. The summed E-state index contributed by atoms with van der Waals surface area (Å²) in [6, 6.07) is 1.74. The molecule has 1 amide bonds. The van der Waals surface area contributed by atoms with Crippen LogP contribution in [0.2, 0.25) is 0 Å². The van der Waals surface area contributed by atoms with Crippen LogP contribution in [0.4, 0.5) is 5.82 Å². The minimum atomic E-state index is -0.750. The summed E-state index contributed by atoms with van der Waals surface area (Å²) in [7, 11) is 1.76. The molecule has 1 heterocycles. The van der Waals surface area contributed by atoms with Gasteiger partial charge in [-0.1, -0.05) is 0 Å². The predicted molar refractivity (Wildman–Crippen MR) is 64.9 cm³/mol. The summed E-state index contributed by atoms with van der Waals surface area (Å²) < 4.78 is 1.60. The molecule has 0 saturated heterocycles. The Morgan fingerprint density at radius 1 is 1.33 bits per heavy atom. The van der Waals surface area contributed by atoms with E-state index in [-0.39, 0.29) is 17.7 Å². The average molecular weight is 251 g/mol. The van der Waals surface area contributed by atoms with Gasteiger partial charge in [0.2, 0.25) is 5.91 Å². The molecule has 1 saturated carbocycles. The Bertz CT molecular complexity index is 447. The SMILES string of the molecule is Cn1nccc1NC(=O)C1CCC(C(=O)O)CC1. The molecule has 2 N–H and O–H groups in total. The maximum absolute atomic E-state index is 12.0. The topological polar surface area (TPSA) is 84.2 Å². The molecule has 2 rings (SSSR count). The minimum absolute atomic E-state index is 0.0394. The van der Waals surface area contributed by atoms with Crippen LogP contribution >= 0.6 is 0 Å². The quantitative estimate of drug-likeness (QED) is 0.846. The number of hydrogen-bond donors (Lipinski definition) is 2. The highest BCUT2D eigenvalue weighted by Crippen LogP contribution is 2.29. The number of nitrogens with one attached hydrogen (secondary N) is 1. The molecule has 0 aliphatic heterocycles. The molecule has 0 bridgehead atoms. The van der Waals surface area contributed by atoms with Crippen LogP contribution in [0.15, 0.2) is 12.3 Å². The first-order chi connectivity index (χ1) is 8.58. The number of anilines is 1. The molecular weight excluding hydrogens is 234 g/mol. The van der Waals surface area contributed by atoms with Crippen molar-refractivity contribution in [1.82, 2.24) is 9.78 Å². The van der Waals surface area contributed by atoms with Crippen molar-refractivity contribution in [2.75, 3.05) is 5.32 Å². The number of aliphatic carboxylic acids is 1. The van der Waals surface area contributed by atoms with Crippen molar-refractivity contribution in [3.8, 4) is 0 Å². The van der Waals surface area contributed by atoms with Gasteiger partial charge >= 0.3 is 5.97 Å². The summed E-state index contributed by atoms with van der Waals surface area (Å²) in [6.45, 7) is 0. The highest BCUT2D eigenvalue weighted by molar-refractivity contribution is 5.91. The maximum atomic E-state index is 12.0. The monoisotopic (exact) mass is 251 g/mol. The summed E-state index contributed by atoms with van der Waals surface area (Å²) >= 11 is 0. The van der Waals surface area contributed by atoms with Crippen LogP contribution in [0.3, 0.4) is 0 Å². The molecule has 1 fully saturated rings. The van der Waals surface area contributed by atoms with Crippen LogP contribution in [0.1, 0.15) is 25.7 Å². The Labute approximate surface area is 105 Å². The molecule has 1 aromatic rings. The maximum Gasteiger partial charge on any atom is 0.306 e. The number of carbonyl (C=O) groups is 2. The minimum Gasteiger partial charge on any atom is -0.481 e. The Hall–Kier alpha value is -1.85. The van der Waals surface area contributed by atoms with Crippen LogP contribution in [0, 0.1) is 11.8 Å². The summed E-state index contributed by atoms with van der Waals surface area (Å²) in [4.78, 5) is 22.8. The van der Waals surface area contributed by atoms with E-state index in [9.17, 15) is 9.59 Å². The number of aromatic nitrogens is 2. The van der Waals surface area contributed by atoms with Crippen molar-refractivity contribution in [2.24, 2.45) is 18.9 Å². The van der Waals surface area contributed by atoms with Gasteiger partial charge in [0, 0.05) is 19.0 Å². The predicted octanol–water partition coefficient (Wildman–Crippen LogP) is 1.25. The lowest BCUT2D eigenvalue weighted by Gasteiger charge is -2.25. The van der Waals surface area contributed by atoms with Crippen molar-refractivity contribution in [1.29, 1.82) is 0 Å².